The predicted octanol–water partition coefficient (Wildman–Crippen LogP) is 1.35. The minimum absolute atomic E-state index is 0.110. The molecule has 0 bridgehead atoms. The molecule has 1 aromatic heterocycles. The molecule has 0 spiro atoms. The van der Waals surface area contributed by atoms with Crippen molar-refractivity contribution in [3.05, 3.63) is 21.5 Å². The summed E-state index contributed by atoms with van der Waals surface area (Å²) in [5.74, 6) is -0.858. The molecule has 0 saturated carbocycles. The molecule has 2 heterocycles. The van der Waals surface area contributed by atoms with Gasteiger partial charge in [-0.15, -0.1) is 0 Å². The standard InChI is InChI=1S/C15H22N4O5/c1-10-6-4-5-7-17(10)13(20)9-24-14(21)8-18-12(3)15(19(22)23)11(2)16-18/h10H,4-9H2,1-3H3/t10-/m1/s1. The Balaban J connectivity index is 1.91. The van der Waals surface area contributed by atoms with Crippen molar-refractivity contribution in [1.29, 1.82) is 0 Å². The number of nitro groups is 1. The highest BCUT2D eigenvalue weighted by Gasteiger charge is 2.25. The SMILES string of the molecule is Cc1nn(CC(=O)OCC(=O)N2CCCC[C@H]2C)c(C)c1[N+](=O)[O-]. The molecule has 9 nitrogen and oxygen atoms in total. The third-order valence-electron chi connectivity index (χ3n) is 4.28. The van der Waals surface area contributed by atoms with Gasteiger partial charge in [0, 0.05) is 12.6 Å². The van der Waals surface area contributed by atoms with Crippen LogP contribution in [0.2, 0.25) is 0 Å². The molecule has 1 aliphatic rings. The third-order valence-corrected chi connectivity index (χ3v) is 4.28. The van der Waals surface area contributed by atoms with E-state index in [9.17, 15) is 19.7 Å². The molecule has 132 valence electrons. The molecule has 1 aromatic rings. The molecule has 0 N–H and O–H groups in total. The van der Waals surface area contributed by atoms with Crippen molar-refractivity contribution in [3.63, 3.8) is 0 Å². The number of esters is 1. The summed E-state index contributed by atoms with van der Waals surface area (Å²) in [4.78, 5) is 36.2. The van der Waals surface area contributed by atoms with Crippen molar-refractivity contribution in [1.82, 2.24) is 14.7 Å². The van der Waals surface area contributed by atoms with Gasteiger partial charge in [-0.2, -0.15) is 5.10 Å². The third kappa shape index (κ3) is 3.90. The van der Waals surface area contributed by atoms with Gasteiger partial charge in [0.15, 0.2) is 6.61 Å². The van der Waals surface area contributed by atoms with Crippen LogP contribution >= 0.6 is 0 Å². The summed E-state index contributed by atoms with van der Waals surface area (Å²) in [6.45, 7) is 5.11. The normalized spacial score (nSPS) is 17.6. The van der Waals surface area contributed by atoms with E-state index in [0.29, 0.717) is 6.54 Å². The first-order valence-electron chi connectivity index (χ1n) is 7.94. The van der Waals surface area contributed by atoms with Crippen LogP contribution < -0.4 is 0 Å². The summed E-state index contributed by atoms with van der Waals surface area (Å²) in [5, 5.41) is 14.9. The van der Waals surface area contributed by atoms with Crippen molar-refractivity contribution in [3.8, 4) is 0 Å². The zero-order valence-electron chi connectivity index (χ0n) is 14.2. The molecule has 9 heteroatoms. The lowest BCUT2D eigenvalue weighted by Crippen LogP contribution is -2.44. The predicted molar refractivity (Wildman–Crippen MR) is 84.3 cm³/mol. The molecule has 24 heavy (non-hydrogen) atoms. The van der Waals surface area contributed by atoms with Gasteiger partial charge in [0.25, 0.3) is 5.91 Å². The number of carbonyl (C=O) groups excluding carboxylic acids is 2. The minimum atomic E-state index is -0.645. The lowest BCUT2D eigenvalue weighted by molar-refractivity contribution is -0.386. The Morgan fingerprint density at radius 1 is 1.38 bits per heavy atom. The van der Waals surface area contributed by atoms with Crippen molar-refractivity contribution in [2.75, 3.05) is 13.2 Å². The van der Waals surface area contributed by atoms with E-state index in [-0.39, 0.29) is 42.2 Å². The molecule has 0 unspecified atom stereocenters. The second-order valence-corrected chi connectivity index (χ2v) is 6.03. The molecule has 1 amide bonds. The first-order chi connectivity index (χ1) is 11.3. The maximum atomic E-state index is 12.1. The van der Waals surface area contributed by atoms with E-state index in [2.05, 4.69) is 5.10 Å². The number of carbonyl (C=O) groups is 2. The van der Waals surface area contributed by atoms with Crippen LogP contribution in [-0.2, 0) is 20.9 Å². The smallest absolute Gasteiger partial charge is 0.328 e. The zero-order valence-corrected chi connectivity index (χ0v) is 14.2. The van der Waals surface area contributed by atoms with E-state index in [1.807, 2.05) is 6.92 Å². The molecule has 1 atom stereocenters. The number of aromatic nitrogens is 2. The Hall–Kier alpha value is -2.45. The second-order valence-electron chi connectivity index (χ2n) is 6.03. The highest BCUT2D eigenvalue weighted by molar-refractivity contribution is 5.81. The number of likely N-dealkylation sites (tertiary alicyclic amines) is 1. The Morgan fingerprint density at radius 3 is 2.67 bits per heavy atom. The van der Waals surface area contributed by atoms with Crippen LogP contribution in [0.25, 0.3) is 0 Å². The Bertz CT molecular complexity index is 655. The van der Waals surface area contributed by atoms with E-state index in [1.54, 1.807) is 4.90 Å². The molecule has 1 aliphatic heterocycles. The van der Waals surface area contributed by atoms with Crippen LogP contribution in [0.4, 0.5) is 5.69 Å². The number of hydrogen-bond donors (Lipinski definition) is 0. The Labute approximate surface area is 139 Å². The van der Waals surface area contributed by atoms with E-state index in [1.165, 1.54) is 18.5 Å². The summed E-state index contributed by atoms with van der Waals surface area (Å²) in [7, 11) is 0. The number of aryl methyl sites for hydroxylation is 1. The van der Waals surface area contributed by atoms with Gasteiger partial charge in [0.1, 0.15) is 17.9 Å². The molecule has 0 aromatic carbocycles. The van der Waals surface area contributed by atoms with Crippen molar-refractivity contribution in [2.24, 2.45) is 0 Å². The van der Waals surface area contributed by atoms with Crippen LogP contribution in [0.1, 0.15) is 37.6 Å². The summed E-state index contributed by atoms with van der Waals surface area (Å²) >= 11 is 0. The monoisotopic (exact) mass is 338 g/mol. The van der Waals surface area contributed by atoms with Crippen LogP contribution in [0.3, 0.4) is 0 Å². The summed E-state index contributed by atoms with van der Waals surface area (Å²) in [5.41, 5.74) is 0.412. The van der Waals surface area contributed by atoms with Crippen LogP contribution in [0, 0.1) is 24.0 Å². The molecular weight excluding hydrogens is 316 g/mol. The first kappa shape index (κ1) is 17.9. The van der Waals surface area contributed by atoms with Gasteiger partial charge in [-0.1, -0.05) is 0 Å². The van der Waals surface area contributed by atoms with Gasteiger partial charge in [-0.25, -0.2) is 0 Å². The van der Waals surface area contributed by atoms with Gasteiger partial charge < -0.3 is 9.64 Å². The summed E-state index contributed by atoms with van der Waals surface area (Å²) in [6.07, 6.45) is 3.01. The molecule has 1 fully saturated rings. The quantitative estimate of drug-likeness (QED) is 0.455. The lowest BCUT2D eigenvalue weighted by atomic mass is 10.0. The van der Waals surface area contributed by atoms with Gasteiger partial charge in [0.2, 0.25) is 0 Å². The largest absolute Gasteiger partial charge is 0.454 e. The van der Waals surface area contributed by atoms with Crippen LogP contribution in [-0.4, -0.2) is 50.7 Å². The van der Waals surface area contributed by atoms with Crippen LogP contribution in [0.5, 0.6) is 0 Å². The zero-order chi connectivity index (χ0) is 17.9. The van der Waals surface area contributed by atoms with Crippen LogP contribution in [0.15, 0.2) is 0 Å². The number of amides is 1. The summed E-state index contributed by atoms with van der Waals surface area (Å²) in [6, 6.07) is 0.156. The fraction of sp³-hybridized carbons (Fsp3) is 0.667. The van der Waals surface area contributed by atoms with Gasteiger partial charge in [-0.05, 0) is 40.0 Å². The van der Waals surface area contributed by atoms with Gasteiger partial charge >= 0.3 is 11.7 Å². The lowest BCUT2D eigenvalue weighted by Gasteiger charge is -2.33. The van der Waals surface area contributed by atoms with Crippen molar-refractivity contribution < 1.29 is 19.2 Å². The summed E-state index contributed by atoms with van der Waals surface area (Å²) < 4.78 is 6.24. The highest BCUT2D eigenvalue weighted by atomic mass is 16.6. The molecule has 0 aliphatic carbocycles. The Kier molecular flexibility index (Phi) is 5.53. The highest BCUT2D eigenvalue weighted by Crippen LogP contribution is 2.21. The van der Waals surface area contributed by atoms with Crippen molar-refractivity contribution >= 4 is 17.6 Å². The fourth-order valence-corrected chi connectivity index (χ4v) is 2.97. The number of nitrogens with zero attached hydrogens (tertiary/aromatic N) is 4. The average Bonchev–Trinajstić information content (AvgIpc) is 2.79. The number of rotatable bonds is 5. The fourth-order valence-electron chi connectivity index (χ4n) is 2.97. The molecule has 2 rings (SSSR count). The second kappa shape index (κ2) is 7.41. The minimum Gasteiger partial charge on any atom is -0.454 e. The maximum absolute atomic E-state index is 12.1. The molecular formula is C15H22N4O5. The number of piperidine rings is 1. The topological polar surface area (TPSA) is 108 Å². The molecule has 1 saturated heterocycles. The van der Waals surface area contributed by atoms with Gasteiger partial charge in [-0.3, -0.25) is 24.4 Å². The number of hydrogen-bond acceptors (Lipinski definition) is 6. The molecule has 0 radical (unpaired) electrons. The van der Waals surface area contributed by atoms with E-state index in [4.69, 9.17) is 4.74 Å². The Morgan fingerprint density at radius 2 is 2.08 bits per heavy atom. The maximum Gasteiger partial charge on any atom is 0.328 e. The number of ether oxygens (including phenoxy) is 1. The van der Waals surface area contributed by atoms with Gasteiger partial charge in [0.05, 0.1) is 4.92 Å². The van der Waals surface area contributed by atoms with Crippen molar-refractivity contribution in [2.45, 2.75) is 52.6 Å². The van der Waals surface area contributed by atoms with E-state index < -0.39 is 10.9 Å². The van der Waals surface area contributed by atoms with E-state index in [0.717, 1.165) is 19.3 Å². The first-order valence-corrected chi connectivity index (χ1v) is 7.94. The average molecular weight is 338 g/mol. The van der Waals surface area contributed by atoms with E-state index >= 15 is 0 Å².